The quantitative estimate of drug-likeness (QED) is 0.645. The minimum Gasteiger partial charge on any atom is -0.462 e. The molecule has 3 N–H and O–H groups in total. The van der Waals surface area contributed by atoms with Crippen LogP contribution in [0.5, 0.6) is 0 Å². The third-order valence-electron chi connectivity index (χ3n) is 3.45. The summed E-state index contributed by atoms with van der Waals surface area (Å²) in [4.78, 5) is 11.9. The molecule has 0 bridgehead atoms. The molecule has 1 aromatic rings. The minimum atomic E-state index is -2.90. The van der Waals surface area contributed by atoms with E-state index in [0.717, 1.165) is 0 Å². The predicted octanol–water partition coefficient (Wildman–Crippen LogP) is 1.43. The van der Waals surface area contributed by atoms with Crippen LogP contribution in [0.2, 0.25) is 0 Å². The summed E-state index contributed by atoms with van der Waals surface area (Å²) in [6, 6.07) is 5.03. The van der Waals surface area contributed by atoms with Crippen molar-refractivity contribution in [2.45, 2.75) is 25.8 Å². The van der Waals surface area contributed by atoms with E-state index in [2.05, 4.69) is 5.32 Å². The molecule has 1 aliphatic rings. The zero-order valence-electron chi connectivity index (χ0n) is 12.0. The van der Waals surface area contributed by atoms with Crippen LogP contribution in [-0.2, 0) is 14.6 Å². The van der Waals surface area contributed by atoms with Crippen LogP contribution >= 0.6 is 0 Å². The van der Waals surface area contributed by atoms with E-state index in [1.165, 1.54) is 0 Å². The molecule has 0 aliphatic carbocycles. The van der Waals surface area contributed by atoms with Crippen LogP contribution in [0.15, 0.2) is 18.2 Å². The van der Waals surface area contributed by atoms with Gasteiger partial charge < -0.3 is 15.8 Å². The van der Waals surface area contributed by atoms with E-state index in [4.69, 9.17) is 10.5 Å². The molecule has 1 aliphatic heterocycles. The normalized spacial score (nSPS) is 18.1. The molecular weight excluding hydrogens is 292 g/mol. The second-order valence-corrected chi connectivity index (χ2v) is 7.40. The first-order chi connectivity index (χ1) is 9.91. The number of carbonyl (C=O) groups excluding carboxylic acids is 1. The summed E-state index contributed by atoms with van der Waals surface area (Å²) in [6.45, 7) is 2.03. The van der Waals surface area contributed by atoms with Crippen LogP contribution < -0.4 is 11.1 Å². The van der Waals surface area contributed by atoms with Crippen LogP contribution in [-0.4, -0.2) is 38.5 Å². The third kappa shape index (κ3) is 4.10. The molecule has 0 radical (unpaired) electrons. The first kappa shape index (κ1) is 15.6. The number of rotatable bonds is 4. The molecule has 6 nitrogen and oxygen atoms in total. The number of anilines is 2. The Labute approximate surface area is 124 Å². The molecule has 0 saturated carbocycles. The van der Waals surface area contributed by atoms with Gasteiger partial charge in [-0.2, -0.15) is 0 Å². The minimum absolute atomic E-state index is 0.0327. The smallest absolute Gasteiger partial charge is 0.340 e. The molecule has 0 atom stereocenters. The molecule has 0 spiro atoms. The van der Waals surface area contributed by atoms with Crippen molar-refractivity contribution >= 4 is 27.2 Å². The second kappa shape index (κ2) is 6.34. The molecule has 21 heavy (non-hydrogen) atoms. The van der Waals surface area contributed by atoms with Gasteiger partial charge in [0.15, 0.2) is 0 Å². The Morgan fingerprint density at radius 1 is 1.38 bits per heavy atom. The largest absolute Gasteiger partial charge is 0.462 e. The Bertz CT molecular complexity index is 614. The zero-order valence-corrected chi connectivity index (χ0v) is 12.8. The number of nitrogen functional groups attached to an aromatic ring is 1. The van der Waals surface area contributed by atoms with E-state index in [1.54, 1.807) is 25.1 Å². The van der Waals surface area contributed by atoms with E-state index >= 15 is 0 Å². The van der Waals surface area contributed by atoms with Crippen molar-refractivity contribution < 1.29 is 17.9 Å². The summed E-state index contributed by atoms with van der Waals surface area (Å²) in [6.07, 6.45) is 1.07. The maximum Gasteiger partial charge on any atom is 0.340 e. The third-order valence-corrected chi connectivity index (χ3v) is 5.17. The molecule has 2 rings (SSSR count). The number of ether oxygens (including phenoxy) is 1. The average molecular weight is 312 g/mol. The lowest BCUT2D eigenvalue weighted by molar-refractivity contribution is 0.0527. The maximum absolute atomic E-state index is 11.9. The van der Waals surface area contributed by atoms with Crippen molar-refractivity contribution in [3.8, 4) is 0 Å². The zero-order chi connectivity index (χ0) is 15.5. The van der Waals surface area contributed by atoms with E-state index in [0.29, 0.717) is 29.8 Å². The summed E-state index contributed by atoms with van der Waals surface area (Å²) < 4.78 is 27.9. The average Bonchev–Trinajstić information content (AvgIpc) is 2.43. The fourth-order valence-corrected chi connectivity index (χ4v) is 3.81. The molecule has 1 heterocycles. The number of sulfone groups is 1. The number of benzene rings is 1. The van der Waals surface area contributed by atoms with E-state index in [1.807, 2.05) is 0 Å². The number of nitrogens with one attached hydrogen (secondary N) is 1. The van der Waals surface area contributed by atoms with Crippen LogP contribution in [0.1, 0.15) is 30.1 Å². The first-order valence-electron chi connectivity index (χ1n) is 6.95. The Morgan fingerprint density at radius 2 is 2.05 bits per heavy atom. The summed E-state index contributed by atoms with van der Waals surface area (Å²) in [5, 5.41) is 3.23. The van der Waals surface area contributed by atoms with Crippen LogP contribution in [0, 0.1) is 0 Å². The van der Waals surface area contributed by atoms with Crippen LogP contribution in [0.4, 0.5) is 11.4 Å². The van der Waals surface area contributed by atoms with Gasteiger partial charge in [0.25, 0.3) is 0 Å². The van der Waals surface area contributed by atoms with Gasteiger partial charge in [-0.3, -0.25) is 0 Å². The van der Waals surface area contributed by atoms with Gasteiger partial charge in [-0.25, -0.2) is 13.2 Å². The lowest BCUT2D eigenvalue weighted by atomic mass is 10.1. The highest BCUT2D eigenvalue weighted by atomic mass is 32.2. The van der Waals surface area contributed by atoms with Gasteiger partial charge in [0.1, 0.15) is 9.84 Å². The Kier molecular flexibility index (Phi) is 4.72. The van der Waals surface area contributed by atoms with Gasteiger partial charge in [0.05, 0.1) is 23.7 Å². The Hall–Kier alpha value is -1.76. The standard InChI is InChI=1S/C14H20N2O4S/c1-2-20-14(17)12-9-10(15)3-4-13(12)16-11-5-7-21(18,19)8-6-11/h3-4,9,11,16H,2,5-8,15H2,1H3. The predicted molar refractivity (Wildman–Crippen MR) is 82.1 cm³/mol. The van der Waals surface area contributed by atoms with Crippen molar-refractivity contribution in [1.29, 1.82) is 0 Å². The van der Waals surface area contributed by atoms with Gasteiger partial charge in [-0.15, -0.1) is 0 Å². The summed E-state index contributed by atoms with van der Waals surface area (Å²) >= 11 is 0. The van der Waals surface area contributed by atoms with Gasteiger partial charge in [-0.1, -0.05) is 0 Å². The molecule has 116 valence electrons. The molecular formula is C14H20N2O4S. The maximum atomic E-state index is 11.9. The molecule has 7 heteroatoms. The molecule has 0 unspecified atom stereocenters. The highest BCUT2D eigenvalue weighted by Crippen LogP contribution is 2.24. The topological polar surface area (TPSA) is 98.5 Å². The van der Waals surface area contributed by atoms with E-state index < -0.39 is 15.8 Å². The monoisotopic (exact) mass is 312 g/mol. The molecule has 0 aromatic heterocycles. The van der Waals surface area contributed by atoms with Gasteiger partial charge in [0, 0.05) is 17.4 Å². The van der Waals surface area contributed by atoms with Crippen LogP contribution in [0.25, 0.3) is 0 Å². The molecule has 0 amide bonds. The second-order valence-electron chi connectivity index (χ2n) is 5.10. The molecule has 1 saturated heterocycles. The lowest BCUT2D eigenvalue weighted by Crippen LogP contribution is -2.32. The number of hydrogen-bond donors (Lipinski definition) is 2. The summed E-state index contributed by atoms with van der Waals surface area (Å²) in [5.41, 5.74) is 7.21. The van der Waals surface area contributed by atoms with Crippen molar-refractivity contribution in [3.05, 3.63) is 23.8 Å². The SMILES string of the molecule is CCOC(=O)c1cc(N)ccc1NC1CCS(=O)(=O)CC1. The highest BCUT2D eigenvalue weighted by Gasteiger charge is 2.24. The van der Waals surface area contributed by atoms with Crippen LogP contribution in [0.3, 0.4) is 0 Å². The summed E-state index contributed by atoms with van der Waals surface area (Å²) in [5.74, 6) is -0.0846. The number of carbonyl (C=O) groups is 1. The van der Waals surface area contributed by atoms with Gasteiger partial charge in [0.2, 0.25) is 0 Å². The number of hydrogen-bond acceptors (Lipinski definition) is 6. The summed E-state index contributed by atoms with van der Waals surface area (Å²) in [7, 11) is -2.90. The van der Waals surface area contributed by atoms with Gasteiger partial charge >= 0.3 is 5.97 Å². The first-order valence-corrected chi connectivity index (χ1v) is 8.77. The number of nitrogens with two attached hydrogens (primary N) is 1. The fraction of sp³-hybridized carbons (Fsp3) is 0.500. The highest BCUT2D eigenvalue weighted by molar-refractivity contribution is 7.91. The van der Waals surface area contributed by atoms with Crippen molar-refractivity contribution in [2.24, 2.45) is 0 Å². The number of esters is 1. The molecule has 1 fully saturated rings. The van der Waals surface area contributed by atoms with Crippen molar-refractivity contribution in [1.82, 2.24) is 0 Å². The lowest BCUT2D eigenvalue weighted by Gasteiger charge is -2.25. The van der Waals surface area contributed by atoms with E-state index in [9.17, 15) is 13.2 Å². The van der Waals surface area contributed by atoms with Crippen molar-refractivity contribution in [2.75, 3.05) is 29.2 Å². The molecule has 1 aromatic carbocycles. The van der Waals surface area contributed by atoms with Crippen molar-refractivity contribution in [3.63, 3.8) is 0 Å². The van der Waals surface area contributed by atoms with Gasteiger partial charge in [-0.05, 0) is 38.0 Å². The van der Waals surface area contributed by atoms with E-state index in [-0.39, 0.29) is 24.2 Å². The Morgan fingerprint density at radius 3 is 2.67 bits per heavy atom. The fourth-order valence-electron chi connectivity index (χ4n) is 2.32. The Balaban J connectivity index is 2.14.